The summed E-state index contributed by atoms with van der Waals surface area (Å²) in [6.07, 6.45) is -0.401. The van der Waals surface area contributed by atoms with Crippen LogP contribution in [0.25, 0.3) is 0 Å². The van der Waals surface area contributed by atoms with E-state index >= 15 is 0 Å². The highest BCUT2D eigenvalue weighted by Gasteiger charge is 2.72. The van der Waals surface area contributed by atoms with Crippen LogP contribution >= 0.6 is 0 Å². The maximum atomic E-state index is 10.8. The van der Waals surface area contributed by atoms with E-state index in [4.69, 9.17) is 5.11 Å². The highest BCUT2D eigenvalue weighted by atomic mass is 16.7. The van der Waals surface area contributed by atoms with Crippen LogP contribution in [-0.4, -0.2) is 55.4 Å². The van der Waals surface area contributed by atoms with Crippen LogP contribution in [0.3, 0.4) is 0 Å². The van der Waals surface area contributed by atoms with Gasteiger partial charge in [0.05, 0.1) is 6.54 Å². The molecule has 14 heteroatoms. The van der Waals surface area contributed by atoms with E-state index in [1.54, 1.807) is 0 Å². The minimum absolute atomic E-state index is 0.401. The maximum absolute atomic E-state index is 10.8. The lowest BCUT2D eigenvalue weighted by atomic mass is 10.3. The molecule has 0 radical (unpaired) electrons. The molecule has 0 aliphatic carbocycles. The molecule has 0 heterocycles. The number of rotatable bonds is 9. The molecule has 19 heavy (non-hydrogen) atoms. The van der Waals surface area contributed by atoms with E-state index in [2.05, 4.69) is 0 Å². The molecular formula is C5H9N5O9. The largest absolute Gasteiger partial charge is 0.655 e. The van der Waals surface area contributed by atoms with E-state index in [0.29, 0.717) is 0 Å². The molecule has 14 nitrogen and oxygen atoms in total. The van der Waals surface area contributed by atoms with Gasteiger partial charge < -0.3 is 5.11 Å². The molecule has 0 unspecified atom stereocenters. The van der Waals surface area contributed by atoms with E-state index in [-0.39, 0.29) is 0 Å². The molecule has 0 aromatic rings. The quantitative estimate of drug-likeness (QED) is 0.290. The third kappa shape index (κ3) is 3.41. The zero-order chi connectivity index (χ0) is 15.2. The average molecular weight is 283 g/mol. The summed E-state index contributed by atoms with van der Waals surface area (Å²) >= 11 is 0. The molecule has 0 spiro atoms. The zero-order valence-electron chi connectivity index (χ0n) is 9.28. The van der Waals surface area contributed by atoms with Crippen LogP contribution in [0.15, 0.2) is 0 Å². The minimum Gasteiger partial charge on any atom is -0.396 e. The van der Waals surface area contributed by atoms with Gasteiger partial charge in [-0.1, -0.05) is 0 Å². The fourth-order valence-corrected chi connectivity index (χ4v) is 1.24. The fourth-order valence-electron chi connectivity index (χ4n) is 1.24. The van der Waals surface area contributed by atoms with Crippen molar-refractivity contribution in [2.75, 3.05) is 19.7 Å². The molecule has 0 atom stereocenters. The number of hydrazine groups is 1. The topological polar surface area (TPSA) is 196 Å². The molecular weight excluding hydrogens is 274 g/mol. The summed E-state index contributed by atoms with van der Waals surface area (Å²) < 4.78 is 0. The maximum Gasteiger partial charge on any atom is 0.655 e. The van der Waals surface area contributed by atoms with Crippen molar-refractivity contribution >= 4 is 0 Å². The van der Waals surface area contributed by atoms with E-state index < -0.39 is 56.7 Å². The summed E-state index contributed by atoms with van der Waals surface area (Å²) in [6, 6.07) is 0. The molecule has 0 saturated carbocycles. The van der Waals surface area contributed by atoms with Gasteiger partial charge in [0.1, 0.15) is 9.85 Å². The van der Waals surface area contributed by atoms with Crippen LogP contribution in [0.2, 0.25) is 0 Å². The Bertz CT molecular complexity index is 382. The van der Waals surface area contributed by atoms with Gasteiger partial charge >= 0.3 is 12.3 Å². The van der Waals surface area contributed by atoms with Gasteiger partial charge in [-0.15, -0.1) is 0 Å². The van der Waals surface area contributed by atoms with Gasteiger partial charge in [-0.05, 0) is 6.42 Å². The number of aliphatic hydroxyl groups excluding tert-OH is 1. The molecule has 0 aliphatic heterocycles. The van der Waals surface area contributed by atoms with Crippen molar-refractivity contribution in [2.45, 2.75) is 12.2 Å². The first-order chi connectivity index (χ1) is 8.70. The Morgan fingerprint density at radius 2 is 1.47 bits per heavy atom. The van der Waals surface area contributed by atoms with Gasteiger partial charge in [-0.3, -0.25) is 30.3 Å². The minimum atomic E-state index is -3.72. The van der Waals surface area contributed by atoms with Crippen molar-refractivity contribution in [3.63, 3.8) is 0 Å². The molecule has 1 N–H and O–H groups in total. The first-order valence-corrected chi connectivity index (χ1v) is 4.63. The van der Waals surface area contributed by atoms with Crippen molar-refractivity contribution < 1.29 is 24.9 Å². The van der Waals surface area contributed by atoms with Gasteiger partial charge in [0.25, 0.3) is 0 Å². The normalized spacial score (nSPS) is 10.8. The SMILES string of the molecule is O=[N+]([O-])CC(N(CCCO)[N+](=O)[O-])([N+](=O)[O-])[N+](=O)[O-]. The van der Waals surface area contributed by atoms with Gasteiger partial charge in [-0.25, -0.2) is 10.1 Å². The predicted molar refractivity (Wildman–Crippen MR) is 54.0 cm³/mol. The van der Waals surface area contributed by atoms with E-state index in [1.807, 2.05) is 0 Å². The lowest BCUT2D eigenvalue weighted by Gasteiger charge is -2.19. The van der Waals surface area contributed by atoms with Crippen LogP contribution < -0.4 is 0 Å². The summed E-state index contributed by atoms with van der Waals surface area (Å²) in [7, 11) is 0. The van der Waals surface area contributed by atoms with Crippen molar-refractivity contribution in [3.05, 3.63) is 40.5 Å². The third-order valence-electron chi connectivity index (χ3n) is 2.06. The summed E-state index contributed by atoms with van der Waals surface area (Å²) in [5, 5.41) is 49.1. The third-order valence-corrected chi connectivity index (χ3v) is 2.06. The molecule has 0 fully saturated rings. The lowest BCUT2D eigenvalue weighted by Crippen LogP contribution is -2.66. The molecule has 0 aromatic heterocycles. The van der Waals surface area contributed by atoms with Crippen LogP contribution in [0, 0.1) is 40.5 Å². The monoisotopic (exact) mass is 283 g/mol. The van der Waals surface area contributed by atoms with Crippen molar-refractivity contribution in [1.82, 2.24) is 5.01 Å². The summed E-state index contributed by atoms with van der Waals surface area (Å²) in [6.45, 7) is -3.41. The summed E-state index contributed by atoms with van der Waals surface area (Å²) in [5.74, 6) is -3.72. The molecule has 0 amide bonds. The molecule has 0 bridgehead atoms. The smallest absolute Gasteiger partial charge is 0.396 e. The number of hydrogen-bond acceptors (Lipinski definition) is 9. The fraction of sp³-hybridized carbons (Fsp3) is 1.00. The Morgan fingerprint density at radius 1 is 1.00 bits per heavy atom. The number of nitrogens with zero attached hydrogens (tertiary/aromatic N) is 5. The van der Waals surface area contributed by atoms with Crippen molar-refractivity contribution in [3.8, 4) is 0 Å². The number of nitro groups is 4. The molecule has 108 valence electrons. The first kappa shape index (κ1) is 16.4. The van der Waals surface area contributed by atoms with Crippen LogP contribution in [0.4, 0.5) is 0 Å². The molecule has 0 saturated heterocycles. The predicted octanol–water partition coefficient (Wildman–Crippen LogP) is -1.65. The van der Waals surface area contributed by atoms with Crippen LogP contribution in [0.1, 0.15) is 6.42 Å². The Kier molecular flexibility index (Phi) is 5.45. The van der Waals surface area contributed by atoms with Crippen molar-refractivity contribution in [2.24, 2.45) is 0 Å². The van der Waals surface area contributed by atoms with E-state index in [0.717, 1.165) is 0 Å². The van der Waals surface area contributed by atoms with Crippen LogP contribution in [0.5, 0.6) is 0 Å². The van der Waals surface area contributed by atoms with Gasteiger partial charge in [0, 0.05) is 16.5 Å². The lowest BCUT2D eigenvalue weighted by molar-refractivity contribution is -0.912. The van der Waals surface area contributed by atoms with Crippen molar-refractivity contribution in [1.29, 1.82) is 0 Å². The molecule has 0 aromatic carbocycles. The Hall–Kier alpha value is -2.64. The Balaban J connectivity index is 5.73. The Labute approximate surface area is 103 Å². The van der Waals surface area contributed by atoms with E-state index in [9.17, 15) is 40.5 Å². The highest BCUT2D eigenvalue weighted by molar-refractivity contribution is 4.63. The zero-order valence-corrected chi connectivity index (χ0v) is 9.28. The average Bonchev–Trinajstić information content (AvgIpc) is 2.25. The second-order valence-corrected chi connectivity index (χ2v) is 3.22. The number of hydrogen-bond donors (Lipinski definition) is 1. The second kappa shape index (κ2) is 6.34. The van der Waals surface area contributed by atoms with Gasteiger partial charge in [0.15, 0.2) is 5.03 Å². The molecule has 0 rings (SSSR count). The standard InChI is InChI=1S/C5H9N5O9/c11-3-1-2-6(10(18)19)5(8(14)15,9(16)17)4-7(12)13/h11H,1-4H2. The van der Waals surface area contributed by atoms with E-state index in [1.165, 1.54) is 0 Å². The summed E-state index contributed by atoms with van der Waals surface area (Å²) in [5.41, 5.74) is 0. The summed E-state index contributed by atoms with van der Waals surface area (Å²) in [4.78, 5) is 37.7. The first-order valence-electron chi connectivity index (χ1n) is 4.63. The van der Waals surface area contributed by atoms with Gasteiger partial charge in [0.2, 0.25) is 0 Å². The highest BCUT2D eigenvalue weighted by Crippen LogP contribution is 2.19. The second-order valence-electron chi connectivity index (χ2n) is 3.22. The number of aliphatic hydroxyl groups is 1. The molecule has 0 aliphatic rings. The van der Waals surface area contributed by atoms with Crippen LogP contribution in [-0.2, 0) is 0 Å². The van der Waals surface area contributed by atoms with Gasteiger partial charge in [-0.2, -0.15) is 0 Å². The Morgan fingerprint density at radius 3 is 1.74 bits per heavy atom.